The molecule has 0 aliphatic heterocycles. The monoisotopic (exact) mass is 1830 g/mol. The topological polar surface area (TPSA) is 89.9 Å². The molecule has 0 atom stereocenters. The fourth-order valence-electron chi connectivity index (χ4n) is 27.6. The molecule has 16 aromatic heterocycles. The van der Waals surface area contributed by atoms with E-state index in [2.05, 4.69) is 436 Å². The van der Waals surface area contributed by atoms with Crippen molar-refractivity contribution in [3.8, 4) is 22.7 Å². The highest BCUT2D eigenvalue weighted by Gasteiger charge is 2.34. The van der Waals surface area contributed by atoms with Crippen molar-refractivity contribution in [3.05, 3.63) is 413 Å². The maximum absolute atomic E-state index is 6.80. The Morgan fingerprint density at radius 2 is 0.326 bits per heavy atom. The van der Waals surface area contributed by atoms with Gasteiger partial charge in [0.2, 0.25) is 0 Å². The lowest BCUT2D eigenvalue weighted by Crippen LogP contribution is -1.96. The minimum absolute atomic E-state index is 0.888. The number of hydrogen-bond acceptors (Lipinski definition) is 4. The number of aromatic nitrogens is 8. The van der Waals surface area contributed by atoms with Crippen LogP contribution in [0.2, 0.25) is 0 Å². The van der Waals surface area contributed by atoms with Crippen molar-refractivity contribution < 1.29 is 17.7 Å². The molecule has 0 saturated heterocycles. The molecule has 0 saturated carbocycles. The third kappa shape index (κ3) is 8.67. The van der Waals surface area contributed by atoms with Gasteiger partial charge in [-0.25, -0.2) is 0 Å². The molecule has 38 rings (SSSR count). The van der Waals surface area contributed by atoms with Crippen LogP contribution in [0.15, 0.2) is 430 Å². The molecule has 0 radical (unpaired) electrons. The molecule has 0 fully saturated rings. The maximum Gasteiger partial charge on any atom is 0.159 e. The normalized spacial score (nSPS) is 13.0. The lowest BCUT2D eigenvalue weighted by molar-refractivity contribution is 0.666. The number of benzene rings is 22. The first-order valence-electron chi connectivity index (χ1n) is 49.5. The Kier molecular flexibility index (Phi) is 13.1. The smallest absolute Gasteiger partial charge is 0.159 e. The number of fused-ring (bicyclic) bond motifs is 52. The van der Waals surface area contributed by atoms with Gasteiger partial charge in [0.05, 0.1) is 133 Å². The number of nitrogens with zero attached hydrogens (tertiary/aromatic N) is 8. The van der Waals surface area contributed by atoms with Crippen LogP contribution in [0.1, 0.15) is 0 Å². The van der Waals surface area contributed by atoms with Crippen LogP contribution in [0.4, 0.5) is 0 Å². The van der Waals surface area contributed by atoms with Gasteiger partial charge in [0.1, 0.15) is 22.3 Å². The van der Waals surface area contributed by atoms with Gasteiger partial charge in [-0.2, -0.15) is 0 Å². The molecule has 0 aliphatic rings. The molecule has 660 valence electrons. The van der Waals surface area contributed by atoms with Crippen LogP contribution in [0.25, 0.3) is 350 Å². The van der Waals surface area contributed by atoms with Crippen LogP contribution in [0, 0.1) is 0 Å². The molecule has 144 heavy (non-hydrogen) atoms. The molecule has 16 heterocycles. The number of rotatable bonds is 4. The molecule has 0 unspecified atom stereocenters. The van der Waals surface area contributed by atoms with E-state index in [9.17, 15) is 0 Å². The SMILES string of the molecule is c1ccc2c(c1)oc1c(-n3c4ccccc4c4c3ccc3c5cccc6c7cc8c(cc7n(c65)c34)c3cccc4c5ccc6c(c7ccccc7n6-c6cccc7c6oc6ccccc67)c5n8c34)cccc12.c1ccc2c(c1)oc1c(-n3c4ccccc4c4ccc5c6cccc7c8cc9c(cc8n(c76)c5c43)c3cccc4c5ccc6c7ccccc7n(-c7cccc8c7oc7ccccc78)c6c5n9c34)cccc12. The molecular weight excluding hydrogens is 1760 g/mol. The van der Waals surface area contributed by atoms with E-state index in [1.807, 2.05) is 12.1 Å². The van der Waals surface area contributed by atoms with E-state index in [1.54, 1.807) is 0 Å². The molecule has 0 aliphatic carbocycles. The summed E-state index contributed by atoms with van der Waals surface area (Å²) >= 11 is 0. The van der Waals surface area contributed by atoms with Gasteiger partial charge < -0.3 is 53.5 Å². The number of para-hydroxylation sites is 16. The summed E-state index contributed by atoms with van der Waals surface area (Å²) in [4.78, 5) is 0. The lowest BCUT2D eigenvalue weighted by atomic mass is 10.0. The maximum atomic E-state index is 6.80. The minimum atomic E-state index is 0.888. The predicted molar refractivity (Wildman–Crippen MR) is 598 cm³/mol. The van der Waals surface area contributed by atoms with Gasteiger partial charge in [0.25, 0.3) is 0 Å². The minimum Gasteiger partial charge on any atom is -0.454 e. The van der Waals surface area contributed by atoms with Crippen molar-refractivity contribution >= 4 is 327 Å². The van der Waals surface area contributed by atoms with Gasteiger partial charge in [-0.05, 0) is 109 Å². The van der Waals surface area contributed by atoms with Crippen LogP contribution < -0.4 is 0 Å². The largest absolute Gasteiger partial charge is 0.454 e. The Hall–Kier alpha value is -19.6. The average Bonchev–Trinajstić information content (AvgIpc) is 1.50. The van der Waals surface area contributed by atoms with Gasteiger partial charge >= 0.3 is 0 Å². The highest BCUT2D eigenvalue weighted by Crippen LogP contribution is 2.56. The van der Waals surface area contributed by atoms with E-state index >= 15 is 0 Å². The zero-order valence-corrected chi connectivity index (χ0v) is 76.5. The van der Waals surface area contributed by atoms with Crippen LogP contribution >= 0.6 is 0 Å². The Bertz CT molecular complexity index is 12000. The fraction of sp³-hybridized carbons (Fsp3) is 0. The summed E-state index contributed by atoms with van der Waals surface area (Å²) in [5, 5.41) is 38.7. The number of furan rings is 4. The number of hydrogen-bond donors (Lipinski definition) is 0. The Labute approximate surface area is 810 Å². The standard InChI is InChI=1S/2C66H34N4O2/c1-5-23-49-45(15-1)59-51(67(49)53-25-11-21-43-35-13-3-7-27-57(35)71-65(43)53)31-29-41-37-17-9-19-39-47-34-56-48(33-55(47)69(61(37)39)63(41)59)40-20-10-18-38-42-30-32-52-60(64(42)70(56)62(38)40)46-16-2-6-24-50(46)68(52)54-26-12-22-44-36-14-4-8-28-58(36)72-66(44)54;1-5-23-51-35(13-1)43-29-31-45-39-17-9-19-41-49-34-56-50(33-55(49)69(59(39)41)63(45)61(43)67(51)53-25-11-21-47-37-15-3-7-27-57(37)71-65(47)53)42-20-10-18-40-46-32-30-44-36-14-2-6-24-52(36)68(62(44)64(46)70(56)60(40)42)54-26-12-22-48-38-16-4-8-28-58(38)72-66(48)54/h2*1-34H. The van der Waals surface area contributed by atoms with Gasteiger partial charge in [0.15, 0.2) is 22.3 Å². The van der Waals surface area contributed by atoms with Crippen LogP contribution in [-0.4, -0.2) is 35.9 Å². The zero-order valence-electron chi connectivity index (χ0n) is 76.5. The van der Waals surface area contributed by atoms with Crippen molar-refractivity contribution in [2.24, 2.45) is 0 Å². The Morgan fingerprint density at radius 1 is 0.118 bits per heavy atom. The third-order valence-electron chi connectivity index (χ3n) is 33.2. The summed E-state index contributed by atoms with van der Waals surface area (Å²) in [6.45, 7) is 0. The van der Waals surface area contributed by atoms with E-state index in [1.165, 1.54) is 207 Å². The van der Waals surface area contributed by atoms with Crippen LogP contribution in [-0.2, 0) is 0 Å². The van der Waals surface area contributed by atoms with Crippen molar-refractivity contribution in [2.75, 3.05) is 0 Å². The second-order valence-electron chi connectivity index (χ2n) is 39.8. The van der Waals surface area contributed by atoms with E-state index in [4.69, 9.17) is 17.7 Å². The Morgan fingerprint density at radius 3 is 0.639 bits per heavy atom. The second kappa shape index (κ2) is 25.7. The van der Waals surface area contributed by atoms with Crippen molar-refractivity contribution in [1.29, 1.82) is 0 Å². The highest BCUT2D eigenvalue weighted by atomic mass is 16.3. The first kappa shape index (κ1) is 73.7. The molecule has 22 aromatic carbocycles. The molecule has 0 bridgehead atoms. The molecule has 0 N–H and O–H groups in total. The zero-order chi connectivity index (χ0) is 92.5. The summed E-state index contributed by atoms with van der Waals surface area (Å²) in [6, 6.07) is 152. The Balaban J connectivity index is 0.000000118. The molecule has 38 aromatic rings. The van der Waals surface area contributed by atoms with Gasteiger partial charge in [0, 0.05) is 172 Å². The van der Waals surface area contributed by atoms with Gasteiger partial charge in [-0.3, -0.25) is 0 Å². The van der Waals surface area contributed by atoms with Crippen molar-refractivity contribution in [3.63, 3.8) is 0 Å². The third-order valence-corrected chi connectivity index (χ3v) is 33.2. The molecule has 0 spiro atoms. The van der Waals surface area contributed by atoms with E-state index in [-0.39, 0.29) is 0 Å². The molecule has 12 nitrogen and oxygen atoms in total. The van der Waals surface area contributed by atoms with Crippen LogP contribution in [0.5, 0.6) is 0 Å². The molecular formula is C132H68N8O4. The highest BCUT2D eigenvalue weighted by molar-refractivity contribution is 6.39. The first-order valence-corrected chi connectivity index (χ1v) is 49.5. The lowest BCUT2D eigenvalue weighted by Gasteiger charge is -2.11. The van der Waals surface area contributed by atoms with Gasteiger partial charge in [-0.1, -0.05) is 303 Å². The van der Waals surface area contributed by atoms with E-state index in [0.29, 0.717) is 0 Å². The predicted octanol–water partition coefficient (Wildman–Crippen LogP) is 36.0. The summed E-state index contributed by atoms with van der Waals surface area (Å²) < 4.78 is 47.2. The van der Waals surface area contributed by atoms with E-state index in [0.717, 1.165) is 144 Å². The first-order chi connectivity index (χ1) is 71.5. The van der Waals surface area contributed by atoms with Crippen molar-refractivity contribution in [1.82, 2.24) is 35.9 Å². The molecule has 12 heteroatoms. The second-order valence-corrected chi connectivity index (χ2v) is 39.8. The summed E-state index contributed by atoms with van der Waals surface area (Å²) in [6.07, 6.45) is 0. The van der Waals surface area contributed by atoms with Gasteiger partial charge in [-0.15, -0.1) is 0 Å². The quantitative estimate of drug-likeness (QED) is 0.176. The molecule has 0 amide bonds. The van der Waals surface area contributed by atoms with Crippen molar-refractivity contribution in [2.45, 2.75) is 0 Å². The summed E-state index contributed by atoms with van der Waals surface area (Å²) in [5.74, 6) is 0. The summed E-state index contributed by atoms with van der Waals surface area (Å²) in [5.41, 5.74) is 35.2. The fourth-order valence-corrected chi connectivity index (χ4v) is 27.6. The van der Waals surface area contributed by atoms with Crippen LogP contribution in [0.3, 0.4) is 0 Å². The summed E-state index contributed by atoms with van der Waals surface area (Å²) in [7, 11) is 0. The average molecular weight is 1830 g/mol. The van der Waals surface area contributed by atoms with E-state index < -0.39 is 0 Å².